The van der Waals surface area contributed by atoms with Gasteiger partial charge in [0.1, 0.15) is 6.10 Å². The number of benzene rings is 1. The largest absolute Gasteiger partial charge is 0.504 e. The number of phenols is 1. The molecule has 2 N–H and O–H groups in total. The van der Waals surface area contributed by atoms with Crippen LogP contribution < -0.4 is 4.74 Å². The molecule has 1 saturated heterocycles. The van der Waals surface area contributed by atoms with E-state index in [2.05, 4.69) is 11.9 Å². The number of rotatable bonds is 1. The summed E-state index contributed by atoms with van der Waals surface area (Å²) >= 11 is 0. The molecule has 0 unspecified atom stereocenters. The minimum absolute atomic E-state index is 0.125. The summed E-state index contributed by atoms with van der Waals surface area (Å²) in [5, 5.41) is 21.6. The average molecular weight is 329 g/mol. The molecule has 1 spiro atoms. The van der Waals surface area contributed by atoms with Crippen LogP contribution in [0.3, 0.4) is 0 Å². The van der Waals surface area contributed by atoms with E-state index in [-0.39, 0.29) is 16.9 Å². The number of likely N-dealkylation sites (tertiary alicyclic amines) is 1. The number of phenolic OH excluding ortho intramolecular Hbond substituents is 1. The van der Waals surface area contributed by atoms with E-state index in [0.717, 1.165) is 31.4 Å². The number of likely N-dealkylation sites (N-methyl/N-ethyl adjacent to an activating group) is 1. The fourth-order valence-corrected chi connectivity index (χ4v) is 6.13. The highest BCUT2D eigenvalue weighted by atomic mass is 16.5. The Morgan fingerprint density at radius 3 is 2.92 bits per heavy atom. The molecule has 5 nitrogen and oxygen atoms in total. The fraction of sp³-hybridized carbons (Fsp3) is 0.632. The highest BCUT2D eigenvalue weighted by Crippen LogP contribution is 2.65. The lowest BCUT2D eigenvalue weighted by Crippen LogP contribution is -2.71. The van der Waals surface area contributed by atoms with Gasteiger partial charge in [-0.3, -0.25) is 4.79 Å². The Morgan fingerprint density at radius 2 is 2.17 bits per heavy atom. The van der Waals surface area contributed by atoms with E-state index in [9.17, 15) is 15.0 Å². The highest BCUT2D eigenvalue weighted by molar-refractivity contribution is 5.87. The number of ketones is 1. The van der Waals surface area contributed by atoms with E-state index in [0.29, 0.717) is 24.1 Å². The van der Waals surface area contributed by atoms with Crippen molar-refractivity contribution in [2.24, 2.45) is 5.92 Å². The van der Waals surface area contributed by atoms with Gasteiger partial charge in [0, 0.05) is 17.0 Å². The van der Waals surface area contributed by atoms with Crippen molar-refractivity contribution in [1.82, 2.24) is 4.90 Å². The molecule has 2 aliphatic heterocycles. The Kier molecular flexibility index (Phi) is 2.65. The number of ether oxygens (including phenoxy) is 1. The third-order valence-electron chi connectivity index (χ3n) is 7.27. The molecule has 24 heavy (non-hydrogen) atoms. The number of carbonyl (C=O) groups excluding carboxylic acids is 1. The summed E-state index contributed by atoms with van der Waals surface area (Å²) in [6, 6.07) is 4.08. The van der Waals surface area contributed by atoms with Gasteiger partial charge in [0.2, 0.25) is 0 Å². The molecule has 2 heterocycles. The van der Waals surface area contributed by atoms with Crippen molar-refractivity contribution in [3.8, 4) is 11.5 Å². The Bertz CT molecular complexity index is 762. The van der Waals surface area contributed by atoms with Crippen LogP contribution in [0.4, 0.5) is 0 Å². The zero-order valence-corrected chi connectivity index (χ0v) is 14.1. The van der Waals surface area contributed by atoms with Crippen molar-refractivity contribution in [2.45, 2.75) is 55.8 Å². The van der Waals surface area contributed by atoms with E-state index in [1.165, 1.54) is 12.5 Å². The van der Waals surface area contributed by atoms with Crippen molar-refractivity contribution < 1.29 is 19.7 Å². The van der Waals surface area contributed by atoms with Crippen LogP contribution in [0.15, 0.2) is 12.1 Å². The van der Waals surface area contributed by atoms with Gasteiger partial charge in [0.25, 0.3) is 0 Å². The molecule has 1 aromatic rings. The Labute approximate surface area is 141 Å². The van der Waals surface area contributed by atoms with Crippen LogP contribution in [0.2, 0.25) is 0 Å². The van der Waals surface area contributed by atoms with E-state index >= 15 is 0 Å². The van der Waals surface area contributed by atoms with Crippen molar-refractivity contribution >= 4 is 5.78 Å². The molecule has 4 aliphatic rings. The first-order valence-electron chi connectivity index (χ1n) is 8.85. The van der Waals surface area contributed by atoms with Crippen molar-refractivity contribution in [3.05, 3.63) is 23.3 Å². The molecule has 5 heteroatoms. The summed E-state index contributed by atoms with van der Waals surface area (Å²) < 4.78 is 6.18. The van der Waals surface area contributed by atoms with Crippen LogP contribution in [-0.2, 0) is 16.6 Å². The smallest absolute Gasteiger partial charge is 0.165 e. The van der Waals surface area contributed by atoms with Crippen molar-refractivity contribution in [3.63, 3.8) is 0 Å². The monoisotopic (exact) mass is 329 g/mol. The molecule has 128 valence electrons. The molecule has 1 saturated carbocycles. The van der Waals surface area contributed by atoms with E-state index in [4.69, 9.17) is 4.74 Å². The molecule has 0 radical (unpaired) electrons. The lowest BCUT2D eigenvalue weighted by Gasteiger charge is -2.60. The summed E-state index contributed by atoms with van der Waals surface area (Å²) in [5.41, 5.74) is 0.460. The van der Waals surface area contributed by atoms with E-state index in [1.807, 2.05) is 6.07 Å². The third kappa shape index (κ3) is 1.43. The number of hydrogen-bond donors (Lipinski definition) is 2. The van der Waals surface area contributed by atoms with Crippen LogP contribution in [-0.4, -0.2) is 52.2 Å². The highest BCUT2D eigenvalue weighted by Gasteiger charge is 2.70. The summed E-state index contributed by atoms with van der Waals surface area (Å²) in [4.78, 5) is 14.7. The Morgan fingerprint density at radius 1 is 1.38 bits per heavy atom. The number of hydrogen-bond acceptors (Lipinski definition) is 5. The van der Waals surface area contributed by atoms with Gasteiger partial charge in [-0.15, -0.1) is 0 Å². The first kappa shape index (κ1) is 14.7. The van der Waals surface area contributed by atoms with Gasteiger partial charge in [0.15, 0.2) is 22.9 Å². The van der Waals surface area contributed by atoms with Crippen LogP contribution in [0.1, 0.15) is 37.3 Å². The summed E-state index contributed by atoms with van der Waals surface area (Å²) in [6.45, 7) is 2.38. The molecule has 2 fully saturated rings. The van der Waals surface area contributed by atoms with Crippen molar-refractivity contribution in [2.75, 3.05) is 13.6 Å². The first-order valence-corrected chi connectivity index (χ1v) is 8.85. The molecule has 2 bridgehead atoms. The van der Waals surface area contributed by atoms with Crippen LogP contribution in [0.25, 0.3) is 0 Å². The van der Waals surface area contributed by atoms with Gasteiger partial charge in [-0.1, -0.05) is 6.07 Å². The number of piperidine rings is 1. The normalized spacial score (nSPS) is 42.4. The predicted molar refractivity (Wildman–Crippen MR) is 87.3 cm³/mol. The quantitative estimate of drug-likeness (QED) is 0.815. The topological polar surface area (TPSA) is 70.0 Å². The molecular formula is C19H23NO4. The maximum absolute atomic E-state index is 12.3. The van der Waals surface area contributed by atoms with Gasteiger partial charge >= 0.3 is 0 Å². The van der Waals surface area contributed by atoms with Crippen LogP contribution in [0.5, 0.6) is 11.5 Å². The summed E-state index contributed by atoms with van der Waals surface area (Å²) in [5.74, 6) is 0.762. The molecule has 1 aromatic carbocycles. The molecule has 2 aliphatic carbocycles. The van der Waals surface area contributed by atoms with Gasteiger partial charge < -0.3 is 19.8 Å². The van der Waals surface area contributed by atoms with Gasteiger partial charge in [0.05, 0.1) is 0 Å². The zero-order chi connectivity index (χ0) is 16.9. The molecule has 0 aromatic heterocycles. The fourth-order valence-electron chi connectivity index (χ4n) is 6.13. The predicted octanol–water partition coefficient (Wildman–Crippen LogP) is 1.38. The van der Waals surface area contributed by atoms with Gasteiger partial charge in [-0.25, -0.2) is 0 Å². The van der Waals surface area contributed by atoms with Crippen LogP contribution in [0, 0.1) is 5.92 Å². The third-order valence-corrected chi connectivity index (χ3v) is 7.27. The first-order chi connectivity index (χ1) is 11.4. The molecular weight excluding hydrogens is 306 g/mol. The second-order valence-electron chi connectivity index (χ2n) is 8.11. The average Bonchev–Trinajstić information content (AvgIpc) is 2.91. The molecule has 5 atom stereocenters. The maximum atomic E-state index is 12.3. The van der Waals surface area contributed by atoms with E-state index < -0.39 is 11.7 Å². The Hall–Kier alpha value is -1.59. The zero-order valence-electron chi connectivity index (χ0n) is 14.1. The summed E-state index contributed by atoms with van der Waals surface area (Å²) in [7, 11) is 2.17. The standard InChI is InChI=1S/C19H23NO4/c1-10(21)19(23)6-5-12-13-9-11-3-4-14(22)16-15(11)18(12,17(19)24-16)7-8-20(13)2/h3-4,12-13,17,22-23H,5-9H2,1-2H3/t12-,13+,17+,18-,19+/m0/s1. The summed E-state index contributed by atoms with van der Waals surface area (Å²) in [6.07, 6.45) is 2.47. The lowest BCUT2D eigenvalue weighted by atomic mass is 9.49. The van der Waals surface area contributed by atoms with E-state index in [1.54, 1.807) is 6.07 Å². The number of Topliss-reactive ketones (excluding diaryl/α,β-unsaturated/α-hetero) is 1. The number of carbonyl (C=O) groups is 1. The van der Waals surface area contributed by atoms with Crippen LogP contribution >= 0.6 is 0 Å². The van der Waals surface area contributed by atoms with Gasteiger partial charge in [-0.05, 0) is 63.7 Å². The minimum atomic E-state index is -1.46. The van der Waals surface area contributed by atoms with Crippen molar-refractivity contribution in [1.29, 1.82) is 0 Å². The lowest BCUT2D eigenvalue weighted by molar-refractivity contribution is -0.173. The SMILES string of the molecule is CC(=O)[C@]1(O)CC[C@H]2[C@H]3Cc4ccc(O)c5c4[C@@]2(CCN3C)[C@H]1O5. The molecule has 5 rings (SSSR count). The number of nitrogens with zero attached hydrogens (tertiary/aromatic N) is 1. The maximum Gasteiger partial charge on any atom is 0.165 e. The molecule has 0 amide bonds. The second-order valence-corrected chi connectivity index (χ2v) is 8.11. The minimum Gasteiger partial charge on any atom is -0.504 e. The van der Waals surface area contributed by atoms with Gasteiger partial charge in [-0.2, -0.15) is 0 Å². The Balaban J connectivity index is 1.81. The number of aromatic hydroxyl groups is 1. The number of aliphatic hydroxyl groups is 1. The second kappa shape index (κ2) is 4.33.